The molecule has 0 radical (unpaired) electrons. The van der Waals surface area contributed by atoms with Crippen LogP contribution in [-0.4, -0.2) is 56.9 Å². The fraction of sp³-hybridized carbons (Fsp3) is 0.526. The number of phenolic OH excluding ortho intramolecular Hbond substituents is 1. The molecule has 9 heteroatoms. The number of pyridine rings is 1. The number of oxazole rings is 1. The number of hydrogen-bond acceptors (Lipinski definition) is 8. The second-order valence-corrected chi connectivity index (χ2v) is 13.3. The Morgan fingerprint density at radius 1 is 0.979 bits per heavy atom. The standard InChI is InChI=1S/C38H52N4O5/c1-42(27-30-25-40-37(47-30)38(46,28-15-9-7-10-16-28)29-17-11-8-12-18-29)24-14-6-4-2-3-5-13-23-39-26-34(44)31-19-21-33(43)36-32(31)20-22-35(45)41-36/h7,9-10,15-16,19-22,25,29,34,39,43-44,46H,2-6,8,11-14,17-18,23-24,26-27H2,1H3,(H,41,45). The Labute approximate surface area is 278 Å². The van der Waals surface area contributed by atoms with Gasteiger partial charge in [-0.1, -0.05) is 87.8 Å². The minimum Gasteiger partial charge on any atom is -0.506 e. The Balaban J connectivity index is 0.947. The van der Waals surface area contributed by atoms with Crippen molar-refractivity contribution in [3.8, 4) is 5.75 Å². The molecule has 9 nitrogen and oxygen atoms in total. The molecular weight excluding hydrogens is 592 g/mol. The molecule has 2 atom stereocenters. The number of aliphatic hydroxyl groups is 2. The molecule has 1 aliphatic rings. The molecule has 5 rings (SSSR count). The van der Waals surface area contributed by atoms with E-state index in [9.17, 15) is 20.1 Å². The lowest BCUT2D eigenvalue weighted by atomic mass is 9.73. The van der Waals surface area contributed by atoms with Gasteiger partial charge in [-0.05, 0) is 69.1 Å². The summed E-state index contributed by atoms with van der Waals surface area (Å²) >= 11 is 0. The first-order valence-electron chi connectivity index (χ1n) is 17.5. The van der Waals surface area contributed by atoms with Crippen LogP contribution in [0.2, 0.25) is 0 Å². The van der Waals surface area contributed by atoms with Crippen molar-refractivity contribution in [1.29, 1.82) is 0 Å². The SMILES string of the molecule is CN(CCCCCCCCCNCC(O)c1ccc(O)c2[nH]c(=O)ccc12)Cc1cnc(C(O)(c2ccccc2)C2CCCCC2)o1. The average Bonchev–Trinajstić information content (AvgIpc) is 3.56. The number of nitrogens with one attached hydrogen (secondary N) is 2. The summed E-state index contributed by atoms with van der Waals surface area (Å²) in [4.78, 5) is 21.1. The minimum atomic E-state index is -1.19. The number of aromatic amines is 1. The monoisotopic (exact) mass is 644 g/mol. The second-order valence-electron chi connectivity index (χ2n) is 13.3. The first kappa shape index (κ1) is 34.8. The van der Waals surface area contributed by atoms with Crippen molar-refractivity contribution in [2.45, 2.75) is 95.3 Å². The van der Waals surface area contributed by atoms with Gasteiger partial charge in [0.05, 0.1) is 24.4 Å². The zero-order chi connectivity index (χ0) is 33.1. The van der Waals surface area contributed by atoms with Crippen LogP contribution in [0.4, 0.5) is 0 Å². The molecular formula is C38H52N4O5. The van der Waals surface area contributed by atoms with Gasteiger partial charge in [0, 0.05) is 23.9 Å². The van der Waals surface area contributed by atoms with Gasteiger partial charge >= 0.3 is 0 Å². The van der Waals surface area contributed by atoms with E-state index in [2.05, 4.69) is 27.2 Å². The number of hydrogen-bond donors (Lipinski definition) is 5. The number of unbranched alkanes of at least 4 members (excludes halogenated alkanes) is 6. The van der Waals surface area contributed by atoms with Gasteiger partial charge in [-0.2, -0.15) is 0 Å². The van der Waals surface area contributed by atoms with E-state index >= 15 is 0 Å². The summed E-state index contributed by atoms with van der Waals surface area (Å²) in [6.07, 6.45) is 14.7. The van der Waals surface area contributed by atoms with E-state index in [-0.39, 0.29) is 17.2 Å². The number of aromatic nitrogens is 2. The highest BCUT2D eigenvalue weighted by Crippen LogP contribution is 2.43. The van der Waals surface area contributed by atoms with Crippen LogP contribution >= 0.6 is 0 Å². The summed E-state index contributed by atoms with van der Waals surface area (Å²) in [6, 6.07) is 16.2. The third kappa shape index (κ3) is 9.11. The van der Waals surface area contributed by atoms with Crippen molar-refractivity contribution in [3.05, 3.63) is 93.9 Å². The molecule has 0 saturated heterocycles. The molecule has 5 N–H and O–H groups in total. The van der Waals surface area contributed by atoms with Crippen LogP contribution < -0.4 is 10.9 Å². The maximum Gasteiger partial charge on any atom is 0.248 e. The molecule has 0 bridgehead atoms. The zero-order valence-electron chi connectivity index (χ0n) is 27.8. The quantitative estimate of drug-likeness (QED) is 0.0773. The van der Waals surface area contributed by atoms with Gasteiger partial charge in [-0.25, -0.2) is 4.98 Å². The van der Waals surface area contributed by atoms with Crippen LogP contribution in [0.5, 0.6) is 5.75 Å². The normalized spacial score (nSPS) is 16.1. The summed E-state index contributed by atoms with van der Waals surface area (Å²) in [6.45, 7) is 2.91. The van der Waals surface area contributed by atoms with Gasteiger partial charge < -0.3 is 30.0 Å². The average molecular weight is 645 g/mol. The number of nitrogens with zero attached hydrogens (tertiary/aromatic N) is 2. The van der Waals surface area contributed by atoms with Crippen molar-refractivity contribution in [1.82, 2.24) is 20.2 Å². The first-order valence-corrected chi connectivity index (χ1v) is 17.5. The molecule has 0 amide bonds. The number of rotatable bonds is 18. The lowest BCUT2D eigenvalue weighted by molar-refractivity contribution is -0.0242. The van der Waals surface area contributed by atoms with E-state index in [0.717, 1.165) is 69.4 Å². The molecule has 4 aromatic rings. The predicted molar refractivity (Wildman–Crippen MR) is 185 cm³/mol. The first-order chi connectivity index (χ1) is 22.9. The third-order valence-corrected chi connectivity index (χ3v) is 9.71. The smallest absolute Gasteiger partial charge is 0.248 e. The summed E-state index contributed by atoms with van der Waals surface area (Å²) < 4.78 is 6.24. The Morgan fingerprint density at radius 3 is 2.47 bits per heavy atom. The van der Waals surface area contributed by atoms with Gasteiger partial charge in [0.25, 0.3) is 0 Å². The molecule has 0 spiro atoms. The van der Waals surface area contributed by atoms with Gasteiger partial charge in [-0.3, -0.25) is 9.69 Å². The maximum atomic E-state index is 12.0. The fourth-order valence-corrected chi connectivity index (χ4v) is 7.06. The topological polar surface area (TPSA) is 135 Å². The van der Waals surface area contributed by atoms with Crippen molar-refractivity contribution in [2.24, 2.45) is 5.92 Å². The van der Waals surface area contributed by atoms with Crippen molar-refractivity contribution in [2.75, 3.05) is 26.7 Å². The van der Waals surface area contributed by atoms with Crippen LogP contribution in [-0.2, 0) is 12.1 Å². The Morgan fingerprint density at radius 2 is 1.70 bits per heavy atom. The number of aromatic hydroxyl groups is 1. The van der Waals surface area contributed by atoms with Crippen LogP contribution in [0.1, 0.15) is 106 Å². The van der Waals surface area contributed by atoms with E-state index in [1.54, 1.807) is 18.3 Å². The summed E-state index contributed by atoms with van der Waals surface area (Å²) in [5, 5.41) is 36.8. The summed E-state index contributed by atoms with van der Waals surface area (Å²) in [5.41, 5.74) is 0.422. The fourth-order valence-electron chi connectivity index (χ4n) is 7.06. The highest BCUT2D eigenvalue weighted by atomic mass is 16.4. The summed E-state index contributed by atoms with van der Waals surface area (Å²) in [5.74, 6) is 1.33. The molecule has 2 aromatic carbocycles. The Hall–Kier alpha value is -3.50. The van der Waals surface area contributed by atoms with Gasteiger partial charge in [0.1, 0.15) is 11.5 Å². The molecule has 0 aliphatic heterocycles. The Bertz CT molecular complexity index is 1580. The van der Waals surface area contributed by atoms with Crippen LogP contribution in [0.3, 0.4) is 0 Å². The predicted octanol–water partition coefficient (Wildman–Crippen LogP) is 6.52. The maximum absolute atomic E-state index is 12.0. The van der Waals surface area contributed by atoms with Crippen molar-refractivity contribution >= 4 is 10.9 Å². The van der Waals surface area contributed by atoms with E-state index in [0.29, 0.717) is 35.4 Å². The van der Waals surface area contributed by atoms with Crippen LogP contribution in [0.25, 0.3) is 10.9 Å². The Kier molecular flexibility index (Phi) is 12.6. The van der Waals surface area contributed by atoms with E-state index in [1.165, 1.54) is 44.2 Å². The van der Waals surface area contributed by atoms with Gasteiger partial charge in [0.2, 0.25) is 11.4 Å². The molecule has 1 saturated carbocycles. The van der Waals surface area contributed by atoms with E-state index in [4.69, 9.17) is 4.42 Å². The van der Waals surface area contributed by atoms with E-state index < -0.39 is 11.7 Å². The van der Waals surface area contributed by atoms with Crippen LogP contribution in [0, 0.1) is 5.92 Å². The number of phenols is 1. The minimum absolute atomic E-state index is 0.00262. The van der Waals surface area contributed by atoms with Crippen molar-refractivity contribution < 1.29 is 19.7 Å². The number of benzene rings is 2. The molecule has 1 aliphatic carbocycles. The molecule has 2 aromatic heterocycles. The summed E-state index contributed by atoms with van der Waals surface area (Å²) in [7, 11) is 2.11. The molecule has 2 heterocycles. The lowest BCUT2D eigenvalue weighted by Gasteiger charge is -2.36. The molecule has 1 fully saturated rings. The highest BCUT2D eigenvalue weighted by molar-refractivity contribution is 5.87. The van der Waals surface area contributed by atoms with Gasteiger partial charge in [-0.15, -0.1) is 0 Å². The van der Waals surface area contributed by atoms with E-state index in [1.807, 2.05) is 30.3 Å². The molecule has 254 valence electrons. The molecule has 47 heavy (non-hydrogen) atoms. The van der Waals surface area contributed by atoms with Crippen molar-refractivity contribution in [3.63, 3.8) is 0 Å². The van der Waals surface area contributed by atoms with Crippen LogP contribution in [0.15, 0.2) is 70.0 Å². The lowest BCUT2D eigenvalue weighted by Crippen LogP contribution is -2.38. The second kappa shape index (κ2) is 17.1. The van der Waals surface area contributed by atoms with Gasteiger partial charge in [0.15, 0.2) is 5.60 Å². The molecule has 2 unspecified atom stereocenters. The highest BCUT2D eigenvalue weighted by Gasteiger charge is 2.44. The third-order valence-electron chi connectivity index (χ3n) is 9.71. The number of fused-ring (bicyclic) bond motifs is 1. The largest absolute Gasteiger partial charge is 0.506 e. The number of aliphatic hydroxyl groups excluding tert-OH is 1. The number of H-pyrrole nitrogens is 1. The zero-order valence-corrected chi connectivity index (χ0v) is 27.8.